The van der Waals surface area contributed by atoms with Crippen LogP contribution in [0.5, 0.6) is 5.75 Å². The van der Waals surface area contributed by atoms with Crippen molar-refractivity contribution in [1.82, 2.24) is 5.32 Å². The van der Waals surface area contributed by atoms with Gasteiger partial charge in [0.15, 0.2) is 0 Å². The lowest BCUT2D eigenvalue weighted by Crippen LogP contribution is -2.17. The van der Waals surface area contributed by atoms with Crippen LogP contribution in [0.15, 0.2) is 47.4 Å². The Morgan fingerprint density at radius 3 is 2.33 bits per heavy atom. The van der Waals surface area contributed by atoms with Crippen molar-refractivity contribution in [3.8, 4) is 5.75 Å². The standard InChI is InChI=1S/C17H11I2NO3S/c18-12-6-11(8-14-16(21)20-17(22)24-14)7-13(19)15(12)23-9-10-4-2-1-3-5-10/h1-8H,9H2,(H,20,21,22)/b14-8-. The van der Waals surface area contributed by atoms with Crippen LogP contribution in [0.25, 0.3) is 6.08 Å². The summed E-state index contributed by atoms with van der Waals surface area (Å²) in [5.74, 6) is 0.473. The van der Waals surface area contributed by atoms with E-state index in [9.17, 15) is 9.59 Å². The summed E-state index contributed by atoms with van der Waals surface area (Å²) in [5.41, 5.74) is 1.97. The maximum absolute atomic E-state index is 11.6. The molecule has 0 radical (unpaired) electrons. The molecule has 2 aromatic carbocycles. The first kappa shape index (κ1) is 17.7. The van der Waals surface area contributed by atoms with E-state index < -0.39 is 0 Å². The van der Waals surface area contributed by atoms with Gasteiger partial charge in [0.1, 0.15) is 12.4 Å². The molecule has 1 aliphatic rings. The first-order chi connectivity index (χ1) is 11.5. The zero-order chi connectivity index (χ0) is 17.1. The molecule has 1 heterocycles. The lowest BCUT2D eigenvalue weighted by atomic mass is 10.2. The van der Waals surface area contributed by atoms with Crippen molar-refractivity contribution in [2.24, 2.45) is 0 Å². The number of halogens is 2. The molecule has 0 bridgehead atoms. The van der Waals surface area contributed by atoms with Crippen molar-refractivity contribution >= 4 is 74.2 Å². The Balaban J connectivity index is 1.80. The monoisotopic (exact) mass is 563 g/mol. The Hall–Kier alpha value is -1.07. The Morgan fingerprint density at radius 1 is 1.08 bits per heavy atom. The molecular formula is C17H11I2NO3S. The molecule has 2 amide bonds. The number of hydrogen-bond acceptors (Lipinski definition) is 4. The molecule has 0 unspecified atom stereocenters. The van der Waals surface area contributed by atoms with Gasteiger partial charge in [0.05, 0.1) is 12.0 Å². The summed E-state index contributed by atoms with van der Waals surface area (Å²) in [7, 11) is 0. The normalized spacial score (nSPS) is 15.7. The molecule has 24 heavy (non-hydrogen) atoms. The molecule has 7 heteroatoms. The van der Waals surface area contributed by atoms with E-state index in [1.54, 1.807) is 6.08 Å². The number of carbonyl (C=O) groups is 2. The topological polar surface area (TPSA) is 55.4 Å². The third kappa shape index (κ3) is 4.31. The average Bonchev–Trinajstić information content (AvgIpc) is 2.85. The lowest BCUT2D eigenvalue weighted by molar-refractivity contribution is -0.115. The van der Waals surface area contributed by atoms with Crippen LogP contribution in [0, 0.1) is 7.14 Å². The predicted molar refractivity (Wildman–Crippen MR) is 112 cm³/mol. The summed E-state index contributed by atoms with van der Waals surface area (Å²) in [5, 5.41) is 1.92. The number of rotatable bonds is 4. The van der Waals surface area contributed by atoms with Crippen molar-refractivity contribution in [3.63, 3.8) is 0 Å². The first-order valence-corrected chi connectivity index (χ1v) is 9.91. The number of thioether (sulfide) groups is 1. The summed E-state index contributed by atoms with van der Waals surface area (Å²) in [4.78, 5) is 23.3. The molecule has 1 saturated heterocycles. The van der Waals surface area contributed by atoms with E-state index in [0.717, 1.165) is 35.8 Å². The summed E-state index contributed by atoms with van der Waals surface area (Å²) < 4.78 is 7.85. The lowest BCUT2D eigenvalue weighted by Gasteiger charge is -2.11. The number of amides is 2. The molecule has 0 aliphatic carbocycles. The van der Waals surface area contributed by atoms with Crippen LogP contribution < -0.4 is 10.1 Å². The zero-order valence-electron chi connectivity index (χ0n) is 12.2. The van der Waals surface area contributed by atoms with Crippen molar-refractivity contribution in [2.45, 2.75) is 6.61 Å². The van der Waals surface area contributed by atoms with Gasteiger partial charge in [-0.1, -0.05) is 30.3 Å². The highest BCUT2D eigenvalue weighted by molar-refractivity contribution is 14.1. The van der Waals surface area contributed by atoms with Crippen LogP contribution in [-0.2, 0) is 11.4 Å². The number of benzene rings is 2. The molecule has 0 aromatic heterocycles. The second kappa shape index (κ2) is 7.87. The quantitative estimate of drug-likeness (QED) is 0.430. The fourth-order valence-corrected chi connectivity index (χ4v) is 4.91. The van der Waals surface area contributed by atoms with Gasteiger partial charge in [-0.3, -0.25) is 14.9 Å². The predicted octanol–water partition coefficient (Wildman–Crippen LogP) is 4.80. The molecule has 2 aromatic rings. The highest BCUT2D eigenvalue weighted by atomic mass is 127. The number of hydrogen-bond donors (Lipinski definition) is 1. The van der Waals surface area contributed by atoms with Crippen LogP contribution >= 0.6 is 56.9 Å². The van der Waals surface area contributed by atoms with Gasteiger partial charge in [-0.05, 0) is 86.3 Å². The van der Waals surface area contributed by atoms with E-state index in [0.29, 0.717) is 11.5 Å². The van der Waals surface area contributed by atoms with E-state index >= 15 is 0 Å². The minimum atomic E-state index is -0.348. The summed E-state index contributed by atoms with van der Waals surface area (Å²) >= 11 is 5.35. The fourth-order valence-electron chi connectivity index (χ4n) is 2.10. The molecule has 1 aliphatic heterocycles. The minimum absolute atomic E-state index is 0.335. The fraction of sp³-hybridized carbons (Fsp3) is 0.0588. The summed E-state index contributed by atoms with van der Waals surface area (Å²) in [6.07, 6.45) is 1.72. The molecule has 1 N–H and O–H groups in total. The SMILES string of the molecule is O=C1NC(=O)/C(=C/c2cc(I)c(OCc3ccccc3)c(I)c2)S1. The summed E-state index contributed by atoms with van der Waals surface area (Å²) in [6.45, 7) is 0.500. The molecule has 3 rings (SSSR count). The Labute approximate surface area is 170 Å². The number of carbonyl (C=O) groups excluding carboxylic acids is 2. The van der Waals surface area contributed by atoms with E-state index in [1.165, 1.54) is 0 Å². The van der Waals surface area contributed by atoms with Crippen LogP contribution in [0.3, 0.4) is 0 Å². The Kier molecular flexibility index (Phi) is 5.82. The van der Waals surface area contributed by atoms with E-state index in [2.05, 4.69) is 50.5 Å². The van der Waals surface area contributed by atoms with Gasteiger partial charge in [-0.25, -0.2) is 0 Å². The van der Waals surface area contributed by atoms with Gasteiger partial charge >= 0.3 is 0 Å². The zero-order valence-corrected chi connectivity index (χ0v) is 17.3. The molecule has 122 valence electrons. The highest BCUT2D eigenvalue weighted by Gasteiger charge is 2.25. The number of imide groups is 1. The van der Waals surface area contributed by atoms with Crippen molar-refractivity contribution in [1.29, 1.82) is 0 Å². The van der Waals surface area contributed by atoms with Crippen LogP contribution in [0.1, 0.15) is 11.1 Å². The number of ether oxygens (including phenoxy) is 1. The van der Waals surface area contributed by atoms with Crippen molar-refractivity contribution in [3.05, 3.63) is 65.6 Å². The van der Waals surface area contributed by atoms with Crippen molar-refractivity contribution < 1.29 is 14.3 Å². The Bertz CT molecular complexity index is 814. The third-order valence-electron chi connectivity index (χ3n) is 3.19. The van der Waals surface area contributed by atoms with Gasteiger partial charge in [0.25, 0.3) is 11.1 Å². The van der Waals surface area contributed by atoms with Gasteiger partial charge in [-0.15, -0.1) is 0 Å². The molecule has 0 saturated carbocycles. The molecule has 0 spiro atoms. The summed E-state index contributed by atoms with van der Waals surface area (Å²) in [6, 6.07) is 13.8. The number of nitrogens with one attached hydrogen (secondary N) is 1. The third-order valence-corrected chi connectivity index (χ3v) is 5.60. The maximum atomic E-state index is 11.6. The average molecular weight is 563 g/mol. The van der Waals surface area contributed by atoms with Crippen LogP contribution in [0.4, 0.5) is 4.79 Å². The van der Waals surface area contributed by atoms with E-state index in [1.807, 2.05) is 42.5 Å². The minimum Gasteiger partial charge on any atom is -0.487 e. The molecule has 1 fully saturated rings. The molecular weight excluding hydrogens is 552 g/mol. The first-order valence-electron chi connectivity index (χ1n) is 6.93. The van der Waals surface area contributed by atoms with Gasteiger partial charge < -0.3 is 4.74 Å². The molecule has 0 atom stereocenters. The van der Waals surface area contributed by atoms with E-state index in [4.69, 9.17) is 4.74 Å². The van der Waals surface area contributed by atoms with Gasteiger partial charge in [-0.2, -0.15) is 0 Å². The largest absolute Gasteiger partial charge is 0.487 e. The second-order valence-electron chi connectivity index (χ2n) is 4.94. The molecule has 4 nitrogen and oxygen atoms in total. The van der Waals surface area contributed by atoms with Crippen molar-refractivity contribution in [2.75, 3.05) is 0 Å². The van der Waals surface area contributed by atoms with E-state index in [-0.39, 0.29) is 11.1 Å². The smallest absolute Gasteiger partial charge is 0.290 e. The second-order valence-corrected chi connectivity index (χ2v) is 8.28. The van der Waals surface area contributed by atoms with Gasteiger partial charge in [0.2, 0.25) is 0 Å². The van der Waals surface area contributed by atoms with Crippen LogP contribution in [-0.4, -0.2) is 11.1 Å². The Morgan fingerprint density at radius 2 is 1.75 bits per heavy atom. The van der Waals surface area contributed by atoms with Gasteiger partial charge in [0, 0.05) is 0 Å². The maximum Gasteiger partial charge on any atom is 0.290 e. The van der Waals surface area contributed by atoms with Crippen LogP contribution in [0.2, 0.25) is 0 Å². The highest BCUT2D eigenvalue weighted by Crippen LogP contribution is 2.32.